The van der Waals surface area contributed by atoms with Gasteiger partial charge in [-0.2, -0.15) is 0 Å². The number of carboxylic acids is 4. The second-order valence-electron chi connectivity index (χ2n) is 5.46. The van der Waals surface area contributed by atoms with Crippen molar-refractivity contribution >= 4 is 29.7 Å². The van der Waals surface area contributed by atoms with Gasteiger partial charge in [0.1, 0.15) is 0 Å². The van der Waals surface area contributed by atoms with Gasteiger partial charge in [-0.05, 0) is 6.08 Å². The number of rotatable bonds is 6. The molecule has 0 heterocycles. The topological polar surface area (TPSA) is 229 Å². The van der Waals surface area contributed by atoms with Crippen LogP contribution < -0.4 is 0 Å². The molecule has 1 aromatic carbocycles. The summed E-state index contributed by atoms with van der Waals surface area (Å²) in [6, 6.07) is 7.41. The fraction of sp³-hybridized carbons (Fsp3) is 0.118. The maximum Gasteiger partial charge on any atom is 0.327 e. The van der Waals surface area contributed by atoms with Crippen LogP contribution in [0.25, 0.3) is 0 Å². The van der Waals surface area contributed by atoms with Gasteiger partial charge in [0.25, 0.3) is 0 Å². The van der Waals surface area contributed by atoms with Gasteiger partial charge in [0.05, 0.1) is 0 Å². The summed E-state index contributed by atoms with van der Waals surface area (Å²) in [5.74, 6) is -9.60. The van der Waals surface area contributed by atoms with E-state index in [9.17, 15) is 44.4 Å². The lowest BCUT2D eigenvalue weighted by Crippen LogP contribution is -2.60. The summed E-state index contributed by atoms with van der Waals surface area (Å²) in [4.78, 5) is 59.2. The van der Waals surface area contributed by atoms with Gasteiger partial charge in [0.15, 0.2) is 5.78 Å². The molecular weight excluding hydrogens is 380 g/mol. The number of ketones is 1. The van der Waals surface area contributed by atoms with E-state index in [2.05, 4.69) is 0 Å². The van der Waals surface area contributed by atoms with Crippen molar-refractivity contribution in [1.29, 1.82) is 0 Å². The first-order chi connectivity index (χ1) is 12.1. The zero-order valence-corrected chi connectivity index (χ0v) is 13.9. The maximum atomic E-state index is 12.5. The number of benzene rings is 1. The molecule has 0 atom stereocenters. The molecule has 0 spiro atoms. The Morgan fingerprint density at radius 2 is 1.11 bits per heavy atom. The first kappa shape index (κ1) is 24.2. The molecule has 0 radical (unpaired) electrons. The molecule has 0 fully saturated rings. The van der Waals surface area contributed by atoms with E-state index in [0.29, 0.717) is 12.2 Å². The molecule has 0 saturated heterocycles. The Balaban J connectivity index is 0.00000364. The Morgan fingerprint density at radius 1 is 0.679 bits per heavy atom. The van der Waals surface area contributed by atoms with E-state index in [1.165, 1.54) is 24.3 Å². The number of allylic oxidation sites excluding steroid dienone is 2. The van der Waals surface area contributed by atoms with Gasteiger partial charge in [-0.3, -0.25) is 24.0 Å². The van der Waals surface area contributed by atoms with Crippen molar-refractivity contribution < 1.29 is 55.4 Å². The van der Waals surface area contributed by atoms with E-state index < -0.39 is 46.1 Å². The van der Waals surface area contributed by atoms with Crippen LogP contribution in [-0.4, -0.2) is 61.0 Å². The Kier molecular flexibility index (Phi) is 7.12. The van der Waals surface area contributed by atoms with Crippen LogP contribution in [-0.2, 0) is 19.2 Å². The highest BCUT2D eigenvalue weighted by molar-refractivity contribution is 6.19. The van der Waals surface area contributed by atoms with Crippen molar-refractivity contribution in [2.45, 2.75) is 0 Å². The lowest BCUT2D eigenvalue weighted by Gasteiger charge is -2.37. The highest BCUT2D eigenvalue weighted by Gasteiger charge is 2.70. The average molecular weight is 396 g/mol. The summed E-state index contributed by atoms with van der Waals surface area (Å²) in [6.45, 7) is 0. The van der Waals surface area contributed by atoms with Gasteiger partial charge in [-0.1, -0.05) is 42.5 Å². The van der Waals surface area contributed by atoms with Crippen molar-refractivity contribution in [3.8, 4) is 0 Å². The van der Waals surface area contributed by atoms with Gasteiger partial charge in [-0.15, -0.1) is 0 Å². The second-order valence-corrected chi connectivity index (χ2v) is 5.46. The predicted molar refractivity (Wildman–Crippen MR) is 90.6 cm³/mol. The van der Waals surface area contributed by atoms with Gasteiger partial charge >= 0.3 is 23.9 Å². The SMILES string of the molecule is O.O.O=C(C1=CC(C(=O)O)(C(=O)O)C(C(=O)O)(C(=O)O)C=C1)c1ccccc1. The van der Waals surface area contributed by atoms with Crippen LogP contribution in [0.4, 0.5) is 0 Å². The first-order valence-corrected chi connectivity index (χ1v) is 7.06. The fourth-order valence-electron chi connectivity index (χ4n) is 2.76. The van der Waals surface area contributed by atoms with Crippen LogP contribution in [0.1, 0.15) is 10.4 Å². The molecule has 2 rings (SSSR count). The number of hydrogen-bond donors (Lipinski definition) is 4. The number of carbonyl (C=O) groups is 5. The van der Waals surface area contributed by atoms with Crippen LogP contribution in [0.2, 0.25) is 0 Å². The molecule has 28 heavy (non-hydrogen) atoms. The van der Waals surface area contributed by atoms with Gasteiger partial charge < -0.3 is 31.4 Å². The number of carbonyl (C=O) groups excluding carboxylic acids is 1. The fourth-order valence-corrected chi connectivity index (χ4v) is 2.76. The molecule has 150 valence electrons. The largest absolute Gasteiger partial charge is 0.480 e. The third-order valence-electron chi connectivity index (χ3n) is 4.15. The van der Waals surface area contributed by atoms with E-state index >= 15 is 0 Å². The third-order valence-corrected chi connectivity index (χ3v) is 4.15. The third kappa shape index (κ3) is 3.15. The summed E-state index contributed by atoms with van der Waals surface area (Å²) in [5, 5.41) is 37.7. The Morgan fingerprint density at radius 3 is 1.50 bits per heavy atom. The van der Waals surface area contributed by atoms with Gasteiger partial charge in [-0.25, -0.2) is 0 Å². The molecule has 0 bridgehead atoms. The number of Topliss-reactive ketones (excluding diaryl/α,β-unsaturated/α-hetero) is 1. The van der Waals surface area contributed by atoms with Crippen LogP contribution in [0.3, 0.4) is 0 Å². The van der Waals surface area contributed by atoms with Crippen molar-refractivity contribution in [3.63, 3.8) is 0 Å². The molecule has 1 aliphatic rings. The monoisotopic (exact) mass is 396 g/mol. The van der Waals surface area contributed by atoms with E-state index in [-0.39, 0.29) is 16.5 Å². The standard InChI is InChI=1S/C17H12O9.2H2O/c18-11(9-4-2-1-3-5-9)10-6-7-16(12(19)20,13(21)22)17(8-10,14(23)24)15(25)26;;/h1-8H,(H,19,20)(H,21,22)(H,23,24)(H,25,26);2*1H2. The van der Waals surface area contributed by atoms with Gasteiger partial charge in [0, 0.05) is 11.1 Å². The molecule has 1 aliphatic carbocycles. The van der Waals surface area contributed by atoms with Crippen molar-refractivity contribution in [2.75, 3.05) is 0 Å². The zero-order chi connectivity index (χ0) is 19.7. The van der Waals surface area contributed by atoms with Crippen LogP contribution in [0, 0.1) is 10.8 Å². The minimum atomic E-state index is -3.42. The number of carboxylic acid groups (broad SMARTS) is 4. The average Bonchev–Trinajstić information content (AvgIpc) is 2.60. The normalized spacial score (nSPS) is 15.8. The molecule has 1 aromatic rings. The Bertz CT molecular complexity index is 852. The molecule has 0 saturated carbocycles. The Hall–Kier alpha value is -3.83. The van der Waals surface area contributed by atoms with Crippen LogP contribution >= 0.6 is 0 Å². The lowest BCUT2D eigenvalue weighted by molar-refractivity contribution is -0.185. The summed E-state index contributed by atoms with van der Waals surface area (Å²) in [6.07, 6.45) is 1.59. The number of hydrogen-bond acceptors (Lipinski definition) is 5. The molecule has 11 heteroatoms. The molecule has 0 aliphatic heterocycles. The molecule has 0 amide bonds. The Labute approximate surface area is 156 Å². The van der Waals surface area contributed by atoms with Crippen LogP contribution in [0.5, 0.6) is 0 Å². The maximum absolute atomic E-state index is 12.5. The summed E-state index contributed by atoms with van der Waals surface area (Å²) < 4.78 is 0. The first-order valence-electron chi connectivity index (χ1n) is 7.06. The van der Waals surface area contributed by atoms with E-state index in [1.54, 1.807) is 6.07 Å². The molecule has 0 unspecified atom stereocenters. The van der Waals surface area contributed by atoms with E-state index in [4.69, 9.17) is 0 Å². The smallest absolute Gasteiger partial charge is 0.327 e. The van der Waals surface area contributed by atoms with E-state index in [0.717, 1.165) is 6.08 Å². The van der Waals surface area contributed by atoms with E-state index in [1.807, 2.05) is 0 Å². The summed E-state index contributed by atoms with van der Waals surface area (Å²) in [5.41, 5.74) is -7.10. The minimum absolute atomic E-state index is 0. The molecule has 11 nitrogen and oxygen atoms in total. The van der Waals surface area contributed by atoms with Crippen molar-refractivity contribution in [1.82, 2.24) is 0 Å². The van der Waals surface area contributed by atoms with Crippen molar-refractivity contribution in [2.24, 2.45) is 10.8 Å². The second kappa shape index (κ2) is 8.24. The molecular formula is C17H16O11. The molecule has 8 N–H and O–H groups in total. The highest BCUT2D eigenvalue weighted by Crippen LogP contribution is 2.47. The summed E-state index contributed by atoms with van der Waals surface area (Å²) >= 11 is 0. The van der Waals surface area contributed by atoms with Gasteiger partial charge in [0.2, 0.25) is 10.8 Å². The summed E-state index contributed by atoms with van der Waals surface area (Å²) in [7, 11) is 0. The van der Waals surface area contributed by atoms with Crippen molar-refractivity contribution in [3.05, 3.63) is 59.7 Å². The highest BCUT2D eigenvalue weighted by atomic mass is 16.4. The lowest BCUT2D eigenvalue weighted by atomic mass is 9.59. The number of aliphatic carboxylic acids is 4. The predicted octanol–water partition coefficient (Wildman–Crippen LogP) is -0.973. The molecule has 0 aromatic heterocycles. The van der Waals surface area contributed by atoms with Crippen LogP contribution in [0.15, 0.2) is 54.1 Å². The quantitative estimate of drug-likeness (QED) is 0.341. The zero-order valence-electron chi connectivity index (χ0n) is 13.9. The minimum Gasteiger partial charge on any atom is -0.480 e.